The van der Waals surface area contributed by atoms with Gasteiger partial charge in [0.05, 0.1) is 0 Å². The summed E-state index contributed by atoms with van der Waals surface area (Å²) in [6.07, 6.45) is -1.23. The van der Waals surface area contributed by atoms with Crippen LogP contribution >= 0.6 is 0 Å². The van der Waals surface area contributed by atoms with E-state index in [2.05, 4.69) is 10.2 Å². The van der Waals surface area contributed by atoms with Crippen LogP contribution in [0.25, 0.3) is 0 Å². The van der Waals surface area contributed by atoms with Crippen LogP contribution in [0.2, 0.25) is 0 Å². The first kappa shape index (κ1) is 8.10. The number of hydrogen-bond donors (Lipinski definition) is 0. The van der Waals surface area contributed by atoms with Crippen molar-refractivity contribution in [2.45, 2.75) is 26.3 Å². The van der Waals surface area contributed by atoms with Crippen LogP contribution in [-0.4, -0.2) is 14.8 Å². The Hall–Kier alpha value is -1.00. The van der Waals surface area contributed by atoms with Crippen LogP contribution in [0.1, 0.15) is 32.1 Å². The molecule has 5 heteroatoms. The summed E-state index contributed by atoms with van der Waals surface area (Å²) in [5.74, 6) is -0.264. The number of nitrogens with zero attached hydrogens (tertiary/aromatic N) is 3. The SMILES string of the molecule is CC(C)n1cnnc1C(F)F. The van der Waals surface area contributed by atoms with Gasteiger partial charge in [0.15, 0.2) is 5.82 Å². The number of alkyl halides is 2. The Balaban J connectivity index is 2.96. The maximum absolute atomic E-state index is 12.1. The van der Waals surface area contributed by atoms with Gasteiger partial charge >= 0.3 is 0 Å². The summed E-state index contributed by atoms with van der Waals surface area (Å²) >= 11 is 0. The fourth-order valence-corrected chi connectivity index (χ4v) is 0.806. The highest BCUT2D eigenvalue weighted by Crippen LogP contribution is 2.18. The van der Waals surface area contributed by atoms with Crippen molar-refractivity contribution in [3.05, 3.63) is 12.2 Å². The number of hydrogen-bond acceptors (Lipinski definition) is 2. The Bertz CT molecular complexity index is 209. The average molecular weight is 161 g/mol. The van der Waals surface area contributed by atoms with Crippen molar-refractivity contribution in [3.63, 3.8) is 0 Å². The molecule has 1 aromatic rings. The van der Waals surface area contributed by atoms with Gasteiger partial charge in [-0.05, 0) is 13.8 Å². The predicted octanol–water partition coefficient (Wildman–Crippen LogP) is 1.80. The minimum absolute atomic E-state index is 0.0194. The maximum Gasteiger partial charge on any atom is 0.297 e. The summed E-state index contributed by atoms with van der Waals surface area (Å²) in [4.78, 5) is 0. The number of aromatic nitrogens is 3. The van der Waals surface area contributed by atoms with E-state index in [9.17, 15) is 8.78 Å². The van der Waals surface area contributed by atoms with Crippen LogP contribution < -0.4 is 0 Å². The first-order valence-electron chi connectivity index (χ1n) is 3.30. The molecule has 0 aliphatic carbocycles. The molecule has 0 saturated heterocycles. The summed E-state index contributed by atoms with van der Waals surface area (Å²) in [5, 5.41) is 6.70. The molecule has 0 aliphatic heterocycles. The van der Waals surface area contributed by atoms with E-state index in [1.165, 1.54) is 10.9 Å². The molecule has 0 saturated carbocycles. The Morgan fingerprint density at radius 2 is 2.09 bits per heavy atom. The zero-order valence-electron chi connectivity index (χ0n) is 6.33. The van der Waals surface area contributed by atoms with Gasteiger partial charge in [-0.15, -0.1) is 10.2 Å². The monoisotopic (exact) mass is 161 g/mol. The highest BCUT2D eigenvalue weighted by molar-refractivity contribution is 4.88. The van der Waals surface area contributed by atoms with Gasteiger partial charge in [-0.25, -0.2) is 8.78 Å². The zero-order valence-corrected chi connectivity index (χ0v) is 6.33. The zero-order chi connectivity index (χ0) is 8.43. The molecule has 0 amide bonds. The van der Waals surface area contributed by atoms with Crippen LogP contribution in [0.5, 0.6) is 0 Å². The normalized spacial score (nSPS) is 11.5. The lowest BCUT2D eigenvalue weighted by molar-refractivity contribution is 0.133. The second-order valence-corrected chi connectivity index (χ2v) is 2.49. The minimum atomic E-state index is -2.54. The van der Waals surface area contributed by atoms with Crippen LogP contribution in [-0.2, 0) is 0 Å². The van der Waals surface area contributed by atoms with Crippen molar-refractivity contribution in [1.29, 1.82) is 0 Å². The van der Waals surface area contributed by atoms with E-state index in [0.29, 0.717) is 0 Å². The third-order valence-electron chi connectivity index (χ3n) is 1.35. The van der Waals surface area contributed by atoms with Gasteiger partial charge in [-0.1, -0.05) is 0 Å². The van der Waals surface area contributed by atoms with Crippen LogP contribution in [0.15, 0.2) is 6.33 Å². The van der Waals surface area contributed by atoms with Gasteiger partial charge in [-0.2, -0.15) is 0 Å². The maximum atomic E-state index is 12.1. The average Bonchev–Trinajstić information content (AvgIpc) is 2.32. The number of halogens is 2. The Morgan fingerprint density at radius 1 is 1.45 bits per heavy atom. The topological polar surface area (TPSA) is 30.7 Å². The quantitative estimate of drug-likeness (QED) is 0.662. The summed E-state index contributed by atoms with van der Waals surface area (Å²) < 4.78 is 25.5. The molecule has 62 valence electrons. The lowest BCUT2D eigenvalue weighted by atomic mass is 10.4. The van der Waals surface area contributed by atoms with E-state index in [1.54, 1.807) is 13.8 Å². The van der Waals surface area contributed by atoms with Crippen LogP contribution in [0.4, 0.5) is 8.78 Å². The molecule has 0 atom stereocenters. The van der Waals surface area contributed by atoms with Gasteiger partial charge in [0.2, 0.25) is 0 Å². The fourth-order valence-electron chi connectivity index (χ4n) is 0.806. The van der Waals surface area contributed by atoms with Crippen molar-refractivity contribution < 1.29 is 8.78 Å². The van der Waals surface area contributed by atoms with Crippen molar-refractivity contribution in [3.8, 4) is 0 Å². The van der Waals surface area contributed by atoms with Gasteiger partial charge in [0.25, 0.3) is 6.43 Å². The first-order chi connectivity index (χ1) is 5.13. The Labute approximate surface area is 63.0 Å². The highest BCUT2D eigenvalue weighted by Gasteiger charge is 2.16. The summed E-state index contributed by atoms with van der Waals surface area (Å²) in [5.41, 5.74) is 0. The molecule has 0 bridgehead atoms. The summed E-state index contributed by atoms with van der Waals surface area (Å²) in [7, 11) is 0. The summed E-state index contributed by atoms with van der Waals surface area (Å²) in [6, 6.07) is -0.0194. The standard InChI is InChI=1S/C6H9F2N3/c1-4(2)11-3-9-10-6(11)5(7)8/h3-5H,1-2H3. The Kier molecular flexibility index (Phi) is 2.16. The smallest absolute Gasteiger partial charge is 0.297 e. The fraction of sp³-hybridized carbons (Fsp3) is 0.667. The molecule has 0 aromatic carbocycles. The second-order valence-electron chi connectivity index (χ2n) is 2.49. The molecule has 0 aliphatic rings. The lowest BCUT2D eigenvalue weighted by Crippen LogP contribution is -2.05. The van der Waals surface area contributed by atoms with E-state index in [0.717, 1.165) is 0 Å². The third-order valence-corrected chi connectivity index (χ3v) is 1.35. The van der Waals surface area contributed by atoms with Crippen molar-refractivity contribution in [2.75, 3.05) is 0 Å². The van der Waals surface area contributed by atoms with E-state index < -0.39 is 6.43 Å². The molecular weight excluding hydrogens is 152 g/mol. The molecule has 0 fully saturated rings. The Morgan fingerprint density at radius 3 is 2.45 bits per heavy atom. The molecule has 0 radical (unpaired) electrons. The predicted molar refractivity (Wildman–Crippen MR) is 35.4 cm³/mol. The lowest BCUT2D eigenvalue weighted by Gasteiger charge is -2.08. The molecule has 0 unspecified atom stereocenters. The van der Waals surface area contributed by atoms with E-state index >= 15 is 0 Å². The van der Waals surface area contributed by atoms with Crippen molar-refractivity contribution in [2.24, 2.45) is 0 Å². The molecule has 3 nitrogen and oxygen atoms in total. The molecule has 0 spiro atoms. The van der Waals surface area contributed by atoms with Gasteiger partial charge in [-0.3, -0.25) is 0 Å². The van der Waals surface area contributed by atoms with Gasteiger partial charge in [0, 0.05) is 6.04 Å². The summed E-state index contributed by atoms with van der Waals surface area (Å²) in [6.45, 7) is 3.60. The molecule has 11 heavy (non-hydrogen) atoms. The first-order valence-corrected chi connectivity index (χ1v) is 3.30. The van der Waals surface area contributed by atoms with Gasteiger partial charge in [0.1, 0.15) is 6.33 Å². The molecular formula is C6H9F2N3. The van der Waals surface area contributed by atoms with E-state index in [-0.39, 0.29) is 11.9 Å². The van der Waals surface area contributed by atoms with Crippen LogP contribution in [0.3, 0.4) is 0 Å². The van der Waals surface area contributed by atoms with E-state index in [1.807, 2.05) is 0 Å². The number of rotatable bonds is 2. The molecule has 0 N–H and O–H groups in total. The largest absolute Gasteiger partial charge is 0.310 e. The third kappa shape index (κ3) is 1.53. The van der Waals surface area contributed by atoms with E-state index in [4.69, 9.17) is 0 Å². The van der Waals surface area contributed by atoms with Crippen molar-refractivity contribution in [1.82, 2.24) is 14.8 Å². The highest BCUT2D eigenvalue weighted by atomic mass is 19.3. The molecule has 1 rings (SSSR count). The minimum Gasteiger partial charge on any atom is -0.310 e. The molecule has 1 heterocycles. The van der Waals surface area contributed by atoms with Crippen molar-refractivity contribution >= 4 is 0 Å². The second kappa shape index (κ2) is 2.94. The van der Waals surface area contributed by atoms with Crippen LogP contribution in [0, 0.1) is 0 Å². The molecule has 1 aromatic heterocycles. The van der Waals surface area contributed by atoms with Gasteiger partial charge < -0.3 is 4.57 Å².